The molecule has 0 aliphatic rings. The fourth-order valence-corrected chi connectivity index (χ4v) is 3.78. The monoisotopic (exact) mass is 429 g/mol. The van der Waals surface area contributed by atoms with E-state index in [1.807, 2.05) is 30.3 Å². The van der Waals surface area contributed by atoms with Gasteiger partial charge in [0.05, 0.1) is 4.90 Å². The molecule has 29 heavy (non-hydrogen) atoms. The first-order valence-electron chi connectivity index (χ1n) is 8.69. The van der Waals surface area contributed by atoms with Crippen molar-refractivity contribution in [1.29, 1.82) is 0 Å². The number of benzene rings is 2. The SMILES string of the molecule is O=S(=O)(NCCOc1ccc2nnc(-c3ccccc3)n2n1)c1ccc(Cl)cc1. The Labute approximate surface area is 172 Å². The minimum absolute atomic E-state index is 0.0817. The first kappa shape index (κ1) is 19.3. The lowest BCUT2D eigenvalue weighted by Crippen LogP contribution is -2.28. The molecule has 148 valence electrons. The Morgan fingerprint density at radius 2 is 1.72 bits per heavy atom. The van der Waals surface area contributed by atoms with Gasteiger partial charge in [0, 0.05) is 23.2 Å². The summed E-state index contributed by atoms with van der Waals surface area (Å²) in [6.45, 7) is 0.187. The van der Waals surface area contributed by atoms with Crippen molar-refractivity contribution in [2.75, 3.05) is 13.2 Å². The molecule has 4 rings (SSSR count). The number of hydrogen-bond acceptors (Lipinski definition) is 6. The van der Waals surface area contributed by atoms with Gasteiger partial charge in [0.1, 0.15) is 6.61 Å². The molecule has 0 saturated carbocycles. The van der Waals surface area contributed by atoms with E-state index >= 15 is 0 Å². The van der Waals surface area contributed by atoms with Crippen LogP contribution in [0.4, 0.5) is 0 Å². The molecule has 1 N–H and O–H groups in total. The summed E-state index contributed by atoms with van der Waals surface area (Å²) < 4.78 is 34.2. The summed E-state index contributed by atoms with van der Waals surface area (Å²) in [4.78, 5) is 0.137. The number of halogens is 1. The maximum atomic E-state index is 12.3. The molecule has 2 aromatic carbocycles. The van der Waals surface area contributed by atoms with Crippen LogP contribution in [0.5, 0.6) is 5.88 Å². The van der Waals surface area contributed by atoms with Gasteiger partial charge in [0.15, 0.2) is 11.5 Å². The third kappa shape index (κ3) is 4.37. The molecule has 8 nitrogen and oxygen atoms in total. The van der Waals surface area contributed by atoms with Gasteiger partial charge in [-0.2, -0.15) is 4.52 Å². The number of nitrogens with one attached hydrogen (secondary N) is 1. The van der Waals surface area contributed by atoms with Crippen LogP contribution >= 0.6 is 11.6 Å². The summed E-state index contributed by atoms with van der Waals surface area (Å²) in [5.41, 5.74) is 1.46. The van der Waals surface area contributed by atoms with E-state index in [-0.39, 0.29) is 18.0 Å². The van der Waals surface area contributed by atoms with E-state index in [0.29, 0.717) is 22.4 Å². The number of aromatic nitrogens is 4. The highest BCUT2D eigenvalue weighted by molar-refractivity contribution is 7.89. The van der Waals surface area contributed by atoms with Gasteiger partial charge in [-0.05, 0) is 30.3 Å². The molecule has 0 fully saturated rings. The van der Waals surface area contributed by atoms with E-state index in [4.69, 9.17) is 16.3 Å². The highest BCUT2D eigenvalue weighted by atomic mass is 35.5. The molecule has 10 heteroatoms. The Balaban J connectivity index is 1.42. The summed E-state index contributed by atoms with van der Waals surface area (Å²) in [7, 11) is -3.63. The van der Waals surface area contributed by atoms with Crippen molar-refractivity contribution in [3.05, 3.63) is 71.8 Å². The molecule has 4 aromatic rings. The maximum absolute atomic E-state index is 12.3. The fourth-order valence-electron chi connectivity index (χ4n) is 2.64. The molecule has 0 radical (unpaired) electrons. The summed E-state index contributed by atoms with van der Waals surface area (Å²) >= 11 is 5.79. The van der Waals surface area contributed by atoms with Crippen molar-refractivity contribution in [1.82, 2.24) is 24.5 Å². The van der Waals surface area contributed by atoms with Gasteiger partial charge in [-0.15, -0.1) is 15.3 Å². The Hall–Kier alpha value is -3.01. The minimum atomic E-state index is -3.63. The van der Waals surface area contributed by atoms with Gasteiger partial charge in [0.2, 0.25) is 15.9 Å². The van der Waals surface area contributed by atoms with E-state index in [1.165, 1.54) is 24.3 Å². The molecule has 2 aromatic heterocycles. The molecule has 0 spiro atoms. The van der Waals surface area contributed by atoms with Crippen molar-refractivity contribution in [2.45, 2.75) is 4.90 Å². The van der Waals surface area contributed by atoms with Crippen molar-refractivity contribution < 1.29 is 13.2 Å². The smallest absolute Gasteiger partial charge is 0.240 e. The lowest BCUT2D eigenvalue weighted by atomic mass is 10.2. The number of ether oxygens (including phenoxy) is 1. The molecular formula is C19H16ClN5O3S. The number of hydrogen-bond donors (Lipinski definition) is 1. The van der Waals surface area contributed by atoms with Gasteiger partial charge in [-0.25, -0.2) is 13.1 Å². The van der Waals surface area contributed by atoms with E-state index in [2.05, 4.69) is 20.0 Å². The zero-order chi connectivity index (χ0) is 20.3. The molecule has 0 amide bonds. The van der Waals surface area contributed by atoms with Gasteiger partial charge in [0.25, 0.3) is 0 Å². The quantitative estimate of drug-likeness (QED) is 0.453. The van der Waals surface area contributed by atoms with Crippen LogP contribution in [-0.4, -0.2) is 41.4 Å². The lowest BCUT2D eigenvalue weighted by Gasteiger charge is -2.08. The summed E-state index contributed by atoms with van der Waals surface area (Å²) in [6.07, 6.45) is 0. The predicted octanol–water partition coefficient (Wildman–Crippen LogP) is 2.80. The molecule has 0 aliphatic carbocycles. The van der Waals surface area contributed by atoms with E-state index < -0.39 is 10.0 Å². The molecule has 0 bridgehead atoms. The first-order valence-corrected chi connectivity index (χ1v) is 10.5. The second-order valence-electron chi connectivity index (χ2n) is 6.03. The van der Waals surface area contributed by atoms with Crippen LogP contribution in [0.2, 0.25) is 5.02 Å². The molecule has 0 atom stereocenters. The van der Waals surface area contributed by atoms with Crippen LogP contribution in [0.3, 0.4) is 0 Å². The Kier molecular flexibility index (Phi) is 5.43. The van der Waals surface area contributed by atoms with E-state index in [9.17, 15) is 8.42 Å². The second kappa shape index (κ2) is 8.16. The Bertz CT molecular complexity index is 1230. The van der Waals surface area contributed by atoms with Crippen molar-refractivity contribution >= 4 is 27.3 Å². The maximum Gasteiger partial charge on any atom is 0.240 e. The normalized spacial score (nSPS) is 11.6. The summed E-state index contributed by atoms with van der Waals surface area (Å²) in [6, 6.07) is 18.9. The standard InChI is InChI=1S/C19H16ClN5O3S/c20-15-6-8-16(9-7-15)29(26,27)21-12-13-28-18-11-10-17-22-23-19(25(17)24-18)14-4-2-1-3-5-14/h1-11,21H,12-13H2. The zero-order valence-corrected chi connectivity index (χ0v) is 16.6. The molecule has 0 saturated heterocycles. The Morgan fingerprint density at radius 3 is 2.48 bits per heavy atom. The Morgan fingerprint density at radius 1 is 0.966 bits per heavy atom. The zero-order valence-electron chi connectivity index (χ0n) is 15.1. The third-order valence-corrected chi connectivity index (χ3v) is 5.77. The molecule has 2 heterocycles. The van der Waals surface area contributed by atoms with Crippen LogP contribution in [-0.2, 0) is 10.0 Å². The van der Waals surface area contributed by atoms with Crippen molar-refractivity contribution in [3.63, 3.8) is 0 Å². The number of nitrogens with zero attached hydrogens (tertiary/aromatic N) is 4. The number of fused-ring (bicyclic) bond motifs is 1. The first-order chi connectivity index (χ1) is 14.0. The minimum Gasteiger partial charge on any atom is -0.475 e. The van der Waals surface area contributed by atoms with Crippen LogP contribution in [0.15, 0.2) is 71.6 Å². The third-order valence-electron chi connectivity index (χ3n) is 4.04. The lowest BCUT2D eigenvalue weighted by molar-refractivity contribution is 0.306. The molecule has 0 aliphatic heterocycles. The largest absolute Gasteiger partial charge is 0.475 e. The van der Waals surface area contributed by atoms with Gasteiger partial charge in [-0.3, -0.25) is 0 Å². The van der Waals surface area contributed by atoms with E-state index in [1.54, 1.807) is 16.6 Å². The van der Waals surface area contributed by atoms with Gasteiger partial charge >= 0.3 is 0 Å². The number of sulfonamides is 1. The topological polar surface area (TPSA) is 98.5 Å². The van der Waals surface area contributed by atoms with Gasteiger partial charge in [-0.1, -0.05) is 41.9 Å². The van der Waals surface area contributed by atoms with Gasteiger partial charge < -0.3 is 4.74 Å². The average Bonchev–Trinajstić information content (AvgIpc) is 3.15. The highest BCUT2D eigenvalue weighted by Crippen LogP contribution is 2.18. The van der Waals surface area contributed by atoms with Crippen LogP contribution in [0.25, 0.3) is 17.0 Å². The van der Waals surface area contributed by atoms with Crippen molar-refractivity contribution in [3.8, 4) is 17.3 Å². The van der Waals surface area contributed by atoms with Crippen molar-refractivity contribution in [2.24, 2.45) is 0 Å². The summed E-state index contributed by atoms with van der Waals surface area (Å²) in [5, 5.41) is 13.1. The van der Waals surface area contributed by atoms with Crippen LogP contribution in [0.1, 0.15) is 0 Å². The van der Waals surface area contributed by atoms with Crippen LogP contribution < -0.4 is 9.46 Å². The second-order valence-corrected chi connectivity index (χ2v) is 8.23. The number of rotatable bonds is 7. The predicted molar refractivity (Wildman–Crippen MR) is 108 cm³/mol. The summed E-state index contributed by atoms with van der Waals surface area (Å²) in [5.74, 6) is 0.926. The highest BCUT2D eigenvalue weighted by Gasteiger charge is 2.14. The molecular weight excluding hydrogens is 414 g/mol. The fraction of sp³-hybridized carbons (Fsp3) is 0.105. The van der Waals surface area contributed by atoms with Crippen LogP contribution in [0, 0.1) is 0 Å². The average molecular weight is 430 g/mol. The molecule has 0 unspecified atom stereocenters. The van der Waals surface area contributed by atoms with E-state index in [0.717, 1.165) is 5.56 Å².